The third kappa shape index (κ3) is 4.37. The molecule has 0 bridgehead atoms. The minimum atomic E-state index is -0.480. The average Bonchev–Trinajstić information content (AvgIpc) is 2.55. The van der Waals surface area contributed by atoms with Gasteiger partial charge in [-0.05, 0) is 25.8 Å². The Hall–Kier alpha value is -1.95. The number of amides is 2. The lowest BCUT2D eigenvalue weighted by atomic mass is 9.84. The van der Waals surface area contributed by atoms with Crippen molar-refractivity contribution in [3.05, 3.63) is 35.6 Å². The van der Waals surface area contributed by atoms with Crippen molar-refractivity contribution in [2.45, 2.75) is 38.8 Å². The summed E-state index contributed by atoms with van der Waals surface area (Å²) in [6.07, 6.45) is 2.97. The van der Waals surface area contributed by atoms with Crippen LogP contribution in [-0.4, -0.2) is 53.8 Å². The molecule has 2 aliphatic rings. The molecule has 1 aromatic rings. The molecular formula is C19H26FN3O2. The van der Waals surface area contributed by atoms with Crippen molar-refractivity contribution >= 4 is 11.8 Å². The molecule has 1 unspecified atom stereocenters. The molecule has 136 valence electrons. The Morgan fingerprint density at radius 1 is 1.20 bits per heavy atom. The van der Waals surface area contributed by atoms with Crippen LogP contribution in [0.3, 0.4) is 0 Å². The van der Waals surface area contributed by atoms with Crippen LogP contribution < -0.4 is 5.32 Å². The first-order valence-electron chi connectivity index (χ1n) is 9.09. The maximum absolute atomic E-state index is 13.7. The number of nitrogens with zero attached hydrogens (tertiary/aromatic N) is 2. The topological polar surface area (TPSA) is 52.7 Å². The molecule has 2 amide bonds. The van der Waals surface area contributed by atoms with Crippen LogP contribution in [-0.2, 0) is 16.1 Å². The number of benzene rings is 1. The minimum Gasteiger partial charge on any atom is -0.344 e. The monoisotopic (exact) mass is 347 g/mol. The fourth-order valence-corrected chi connectivity index (χ4v) is 3.33. The Balaban J connectivity index is 1.45. The van der Waals surface area contributed by atoms with Gasteiger partial charge in [-0.15, -0.1) is 0 Å². The molecule has 2 fully saturated rings. The zero-order valence-corrected chi connectivity index (χ0v) is 14.7. The van der Waals surface area contributed by atoms with E-state index in [0.717, 1.165) is 19.3 Å². The van der Waals surface area contributed by atoms with Crippen molar-refractivity contribution in [2.24, 2.45) is 5.92 Å². The third-order valence-electron chi connectivity index (χ3n) is 5.24. The molecule has 3 rings (SSSR count). The number of hydrogen-bond acceptors (Lipinski definition) is 3. The Kier molecular flexibility index (Phi) is 5.68. The Morgan fingerprint density at radius 3 is 2.48 bits per heavy atom. The summed E-state index contributed by atoms with van der Waals surface area (Å²) in [5, 5.41) is 2.84. The molecule has 1 aromatic carbocycles. The quantitative estimate of drug-likeness (QED) is 0.883. The number of halogens is 1. The highest BCUT2D eigenvalue weighted by Gasteiger charge is 2.30. The van der Waals surface area contributed by atoms with Gasteiger partial charge in [-0.25, -0.2) is 4.39 Å². The van der Waals surface area contributed by atoms with Gasteiger partial charge in [0.2, 0.25) is 11.8 Å². The van der Waals surface area contributed by atoms with E-state index in [-0.39, 0.29) is 23.5 Å². The second-order valence-electron chi connectivity index (χ2n) is 7.05. The predicted molar refractivity (Wildman–Crippen MR) is 93.2 cm³/mol. The first-order valence-corrected chi connectivity index (χ1v) is 9.09. The van der Waals surface area contributed by atoms with Gasteiger partial charge in [-0.1, -0.05) is 24.6 Å². The van der Waals surface area contributed by atoms with Crippen LogP contribution in [0.2, 0.25) is 0 Å². The van der Waals surface area contributed by atoms with Crippen LogP contribution in [0.1, 0.15) is 31.7 Å². The van der Waals surface area contributed by atoms with Crippen molar-refractivity contribution in [2.75, 3.05) is 26.2 Å². The lowest BCUT2D eigenvalue weighted by Gasteiger charge is -2.36. The fraction of sp³-hybridized carbons (Fsp3) is 0.579. The van der Waals surface area contributed by atoms with Crippen molar-refractivity contribution in [3.63, 3.8) is 0 Å². The van der Waals surface area contributed by atoms with E-state index in [1.165, 1.54) is 6.07 Å². The van der Waals surface area contributed by atoms with Crippen molar-refractivity contribution in [3.8, 4) is 0 Å². The highest BCUT2D eigenvalue weighted by Crippen LogP contribution is 2.26. The number of nitrogens with one attached hydrogen (secondary N) is 1. The smallest absolute Gasteiger partial charge is 0.244 e. The maximum atomic E-state index is 13.7. The molecule has 1 atom stereocenters. The summed E-state index contributed by atoms with van der Waals surface area (Å²) in [6, 6.07) is 6.32. The van der Waals surface area contributed by atoms with Gasteiger partial charge in [-0.2, -0.15) is 0 Å². The number of rotatable bonds is 5. The van der Waals surface area contributed by atoms with Gasteiger partial charge in [-0.3, -0.25) is 14.5 Å². The fourth-order valence-electron chi connectivity index (χ4n) is 3.33. The molecule has 25 heavy (non-hydrogen) atoms. The third-order valence-corrected chi connectivity index (χ3v) is 5.24. The van der Waals surface area contributed by atoms with Crippen molar-refractivity contribution in [1.29, 1.82) is 0 Å². The molecule has 1 N–H and O–H groups in total. The second kappa shape index (κ2) is 7.95. The van der Waals surface area contributed by atoms with Crippen LogP contribution in [0.4, 0.5) is 4.39 Å². The largest absolute Gasteiger partial charge is 0.344 e. The van der Waals surface area contributed by atoms with Crippen LogP contribution in [0.15, 0.2) is 24.3 Å². The summed E-state index contributed by atoms with van der Waals surface area (Å²) in [6.45, 7) is 4.95. The summed E-state index contributed by atoms with van der Waals surface area (Å²) >= 11 is 0. The molecule has 1 aliphatic heterocycles. The van der Waals surface area contributed by atoms with Gasteiger partial charge >= 0.3 is 0 Å². The van der Waals surface area contributed by atoms with Gasteiger partial charge in [0.1, 0.15) is 11.9 Å². The molecule has 5 nitrogen and oxygen atoms in total. The van der Waals surface area contributed by atoms with E-state index in [2.05, 4.69) is 10.2 Å². The Labute approximate surface area is 148 Å². The number of piperazine rings is 1. The van der Waals surface area contributed by atoms with Crippen LogP contribution >= 0.6 is 0 Å². The molecule has 1 aliphatic carbocycles. The van der Waals surface area contributed by atoms with Gasteiger partial charge in [0.25, 0.3) is 0 Å². The SMILES string of the molecule is CC(NC(=O)C1CCC1)C(=O)N1CCN(Cc2ccccc2F)CC1. The van der Waals surface area contributed by atoms with E-state index in [0.29, 0.717) is 38.3 Å². The molecule has 0 spiro atoms. The number of carbonyl (C=O) groups excluding carboxylic acids is 2. The molecule has 0 aromatic heterocycles. The van der Waals surface area contributed by atoms with Gasteiger partial charge < -0.3 is 10.2 Å². The Bertz CT molecular complexity index is 625. The second-order valence-corrected chi connectivity index (χ2v) is 7.05. The van der Waals surface area contributed by atoms with E-state index in [1.54, 1.807) is 24.0 Å². The first-order chi connectivity index (χ1) is 12.0. The molecular weight excluding hydrogens is 321 g/mol. The Morgan fingerprint density at radius 2 is 1.88 bits per heavy atom. The molecule has 0 radical (unpaired) electrons. The van der Waals surface area contributed by atoms with E-state index in [9.17, 15) is 14.0 Å². The summed E-state index contributed by atoms with van der Waals surface area (Å²) < 4.78 is 13.7. The van der Waals surface area contributed by atoms with Crippen molar-refractivity contribution in [1.82, 2.24) is 15.1 Å². The van der Waals surface area contributed by atoms with Crippen molar-refractivity contribution < 1.29 is 14.0 Å². The van der Waals surface area contributed by atoms with Gasteiger partial charge in [0, 0.05) is 44.2 Å². The van der Waals surface area contributed by atoms with E-state index in [4.69, 9.17) is 0 Å². The van der Waals surface area contributed by atoms with Crippen LogP contribution in [0.5, 0.6) is 0 Å². The minimum absolute atomic E-state index is 0.00490. The zero-order chi connectivity index (χ0) is 17.8. The predicted octanol–water partition coefficient (Wildman–Crippen LogP) is 1.77. The average molecular weight is 347 g/mol. The summed E-state index contributed by atoms with van der Waals surface area (Å²) in [4.78, 5) is 28.4. The highest BCUT2D eigenvalue weighted by atomic mass is 19.1. The molecule has 1 saturated heterocycles. The standard InChI is InChI=1S/C19H26FN3O2/c1-14(21-18(24)15-6-4-7-15)19(25)23-11-9-22(10-12-23)13-16-5-2-3-8-17(16)20/h2-3,5,8,14-15H,4,6-7,9-13H2,1H3,(H,21,24). The van der Waals surface area contributed by atoms with Gasteiger partial charge in [0.05, 0.1) is 0 Å². The van der Waals surface area contributed by atoms with E-state index < -0.39 is 6.04 Å². The molecule has 1 saturated carbocycles. The van der Waals surface area contributed by atoms with E-state index in [1.807, 2.05) is 6.07 Å². The van der Waals surface area contributed by atoms with Crippen LogP contribution in [0, 0.1) is 11.7 Å². The van der Waals surface area contributed by atoms with E-state index >= 15 is 0 Å². The summed E-state index contributed by atoms with van der Waals surface area (Å²) in [7, 11) is 0. The van der Waals surface area contributed by atoms with Gasteiger partial charge in [0.15, 0.2) is 0 Å². The zero-order valence-electron chi connectivity index (χ0n) is 14.7. The summed E-state index contributed by atoms with van der Waals surface area (Å²) in [5.41, 5.74) is 0.684. The lowest BCUT2D eigenvalue weighted by molar-refractivity contribution is -0.139. The first kappa shape index (κ1) is 17.9. The lowest BCUT2D eigenvalue weighted by Crippen LogP contribution is -2.54. The molecule has 1 heterocycles. The maximum Gasteiger partial charge on any atom is 0.244 e. The number of hydrogen-bond donors (Lipinski definition) is 1. The number of carbonyl (C=O) groups is 2. The normalized spacial score (nSPS) is 20.0. The summed E-state index contributed by atoms with van der Waals surface area (Å²) in [5.74, 6) is -0.121. The van der Waals surface area contributed by atoms with Crippen LogP contribution in [0.25, 0.3) is 0 Å². The molecule has 6 heteroatoms. The highest BCUT2D eigenvalue weighted by molar-refractivity contribution is 5.88.